The standard InChI is InChI=1S/C25H29FN4O5/c26-20-12-30(23(32)13-31)7-6-22(20)35-21-5-4-15(8-16(21)11-27)14-2-1-3-17(9-14)29-25(34)19-10-18(19)24(28)33/h1-5,8-9,18-20,22,31H,6-7,10-13,27H2,(H2,28,33)(H,29,34)/t18-,19-,20-,22+/m1/s1. The number of nitrogens with zero attached hydrogens (tertiary/aromatic N) is 1. The molecule has 9 nitrogen and oxygen atoms in total. The van der Waals surface area contributed by atoms with Gasteiger partial charge in [-0.1, -0.05) is 18.2 Å². The Morgan fingerprint density at radius 1 is 1.14 bits per heavy atom. The Hall–Kier alpha value is -3.50. The van der Waals surface area contributed by atoms with Gasteiger partial charge in [-0.05, 0) is 41.8 Å². The molecule has 1 heterocycles. The number of hydrogen-bond donors (Lipinski definition) is 4. The summed E-state index contributed by atoms with van der Waals surface area (Å²) in [6.45, 7) is -0.287. The molecular weight excluding hydrogens is 455 g/mol. The van der Waals surface area contributed by atoms with Gasteiger partial charge in [0.15, 0.2) is 6.17 Å². The summed E-state index contributed by atoms with van der Waals surface area (Å²) in [4.78, 5) is 36.5. The summed E-state index contributed by atoms with van der Waals surface area (Å²) >= 11 is 0. The molecule has 2 aromatic carbocycles. The van der Waals surface area contributed by atoms with E-state index in [4.69, 9.17) is 21.3 Å². The van der Waals surface area contributed by atoms with Crippen LogP contribution in [0.4, 0.5) is 10.1 Å². The molecule has 2 fully saturated rings. The number of hydrogen-bond acceptors (Lipinski definition) is 6. The molecule has 4 atom stereocenters. The highest BCUT2D eigenvalue weighted by atomic mass is 19.1. The molecule has 1 aliphatic heterocycles. The zero-order valence-electron chi connectivity index (χ0n) is 19.2. The van der Waals surface area contributed by atoms with Crippen molar-refractivity contribution in [2.75, 3.05) is 25.0 Å². The fraction of sp³-hybridized carbons (Fsp3) is 0.400. The van der Waals surface area contributed by atoms with Crippen molar-refractivity contribution in [3.05, 3.63) is 48.0 Å². The average molecular weight is 485 g/mol. The van der Waals surface area contributed by atoms with E-state index in [0.29, 0.717) is 36.4 Å². The minimum Gasteiger partial charge on any atom is -0.487 e. The zero-order chi connectivity index (χ0) is 25.1. The quantitative estimate of drug-likeness (QED) is 0.442. The Labute approximate surface area is 202 Å². The Morgan fingerprint density at radius 3 is 2.57 bits per heavy atom. The number of primary amides is 1. The largest absolute Gasteiger partial charge is 0.487 e. The van der Waals surface area contributed by atoms with Gasteiger partial charge in [0.25, 0.3) is 0 Å². The number of piperidine rings is 1. The molecule has 0 bridgehead atoms. The van der Waals surface area contributed by atoms with E-state index in [-0.39, 0.29) is 24.9 Å². The van der Waals surface area contributed by atoms with Crippen molar-refractivity contribution in [2.45, 2.75) is 31.7 Å². The van der Waals surface area contributed by atoms with Crippen molar-refractivity contribution < 1.29 is 28.6 Å². The van der Waals surface area contributed by atoms with Crippen molar-refractivity contribution in [2.24, 2.45) is 23.3 Å². The maximum Gasteiger partial charge on any atom is 0.248 e. The van der Waals surface area contributed by atoms with E-state index in [1.165, 1.54) is 4.90 Å². The minimum atomic E-state index is -1.38. The number of aliphatic hydroxyl groups excluding tert-OH is 1. The van der Waals surface area contributed by atoms with Gasteiger partial charge in [-0.2, -0.15) is 0 Å². The van der Waals surface area contributed by atoms with Gasteiger partial charge in [0, 0.05) is 30.8 Å². The van der Waals surface area contributed by atoms with Crippen LogP contribution in [0.25, 0.3) is 11.1 Å². The highest BCUT2D eigenvalue weighted by Crippen LogP contribution is 2.39. The molecular formula is C25H29FN4O5. The molecule has 3 amide bonds. The number of amides is 3. The van der Waals surface area contributed by atoms with Gasteiger partial charge in [0.1, 0.15) is 18.5 Å². The van der Waals surface area contributed by atoms with E-state index >= 15 is 0 Å². The molecule has 2 aliphatic rings. The summed E-state index contributed by atoms with van der Waals surface area (Å²) < 4.78 is 20.6. The van der Waals surface area contributed by atoms with E-state index in [1.807, 2.05) is 30.3 Å². The molecule has 0 spiro atoms. The lowest BCUT2D eigenvalue weighted by Crippen LogP contribution is -2.50. The van der Waals surface area contributed by atoms with E-state index in [1.54, 1.807) is 12.1 Å². The second-order valence-corrected chi connectivity index (χ2v) is 8.91. The number of anilines is 1. The maximum atomic E-state index is 14.6. The van der Waals surface area contributed by atoms with Crippen molar-refractivity contribution in [1.82, 2.24) is 4.90 Å². The first kappa shape index (κ1) is 24.6. The third-order valence-electron chi connectivity index (χ3n) is 6.48. The number of nitrogens with two attached hydrogens (primary N) is 2. The molecule has 1 saturated carbocycles. The second kappa shape index (κ2) is 10.4. The second-order valence-electron chi connectivity index (χ2n) is 8.91. The SMILES string of the molecule is NCc1cc(-c2cccc(NC(=O)[C@@H]3C[C@H]3C(N)=O)c2)ccc1O[C@H]1CCN(C(=O)CO)C[C@H]1F. The predicted molar refractivity (Wildman–Crippen MR) is 127 cm³/mol. The molecule has 35 heavy (non-hydrogen) atoms. The van der Waals surface area contributed by atoms with Crippen LogP contribution in [0.1, 0.15) is 18.4 Å². The fourth-order valence-electron chi connectivity index (χ4n) is 4.35. The van der Waals surface area contributed by atoms with Crippen LogP contribution in [0, 0.1) is 11.8 Å². The van der Waals surface area contributed by atoms with Gasteiger partial charge < -0.3 is 31.5 Å². The Bertz CT molecular complexity index is 1130. The zero-order valence-corrected chi connectivity index (χ0v) is 19.2. The topological polar surface area (TPSA) is 148 Å². The van der Waals surface area contributed by atoms with Gasteiger partial charge in [0.05, 0.1) is 18.4 Å². The lowest BCUT2D eigenvalue weighted by atomic mass is 10.0. The van der Waals surface area contributed by atoms with Gasteiger partial charge in [0.2, 0.25) is 17.7 Å². The lowest BCUT2D eigenvalue weighted by molar-refractivity contribution is -0.138. The molecule has 1 saturated heterocycles. The van der Waals surface area contributed by atoms with Gasteiger partial charge in [-0.15, -0.1) is 0 Å². The normalized spacial score (nSPS) is 23.5. The molecule has 6 N–H and O–H groups in total. The van der Waals surface area contributed by atoms with Crippen LogP contribution in [0.2, 0.25) is 0 Å². The number of rotatable bonds is 8. The third-order valence-corrected chi connectivity index (χ3v) is 6.48. The summed E-state index contributed by atoms with van der Waals surface area (Å²) in [6.07, 6.45) is -1.33. The molecule has 10 heteroatoms. The van der Waals surface area contributed by atoms with E-state index in [9.17, 15) is 18.8 Å². The molecule has 186 valence electrons. The number of carbonyl (C=O) groups excluding carboxylic acids is 3. The first-order valence-corrected chi connectivity index (χ1v) is 11.5. The number of alkyl halides is 1. The van der Waals surface area contributed by atoms with Crippen molar-refractivity contribution in [1.29, 1.82) is 0 Å². The molecule has 4 rings (SSSR count). The Balaban J connectivity index is 1.44. The van der Waals surface area contributed by atoms with Crippen LogP contribution in [0.3, 0.4) is 0 Å². The summed E-state index contributed by atoms with van der Waals surface area (Å²) in [5.41, 5.74) is 14.2. The highest BCUT2D eigenvalue weighted by molar-refractivity contribution is 5.99. The first-order valence-electron chi connectivity index (χ1n) is 11.5. The van der Waals surface area contributed by atoms with Gasteiger partial charge in [-0.25, -0.2) is 4.39 Å². The number of carbonyl (C=O) groups is 3. The summed E-state index contributed by atoms with van der Waals surface area (Å²) in [5.74, 6) is -1.50. The number of ether oxygens (including phenoxy) is 1. The Morgan fingerprint density at radius 2 is 1.91 bits per heavy atom. The lowest BCUT2D eigenvalue weighted by Gasteiger charge is -2.34. The van der Waals surface area contributed by atoms with Crippen LogP contribution in [-0.4, -0.2) is 59.7 Å². The summed E-state index contributed by atoms with van der Waals surface area (Å²) in [6, 6.07) is 12.7. The molecule has 0 radical (unpaired) electrons. The average Bonchev–Trinajstić information content (AvgIpc) is 3.67. The predicted octanol–water partition coefficient (Wildman–Crippen LogP) is 1.18. The van der Waals surface area contributed by atoms with Crippen LogP contribution in [0.5, 0.6) is 5.75 Å². The number of halogens is 1. The van der Waals surface area contributed by atoms with Crippen LogP contribution < -0.4 is 21.5 Å². The Kier molecular flexibility index (Phi) is 7.32. The van der Waals surface area contributed by atoms with Crippen molar-refractivity contribution >= 4 is 23.4 Å². The summed E-state index contributed by atoms with van der Waals surface area (Å²) in [7, 11) is 0. The van der Waals surface area contributed by atoms with Gasteiger partial charge in [-0.3, -0.25) is 14.4 Å². The summed E-state index contributed by atoms with van der Waals surface area (Å²) in [5, 5.41) is 11.8. The number of aliphatic hydroxyl groups is 1. The highest BCUT2D eigenvalue weighted by Gasteiger charge is 2.47. The van der Waals surface area contributed by atoms with E-state index in [2.05, 4.69) is 5.32 Å². The molecule has 1 aliphatic carbocycles. The minimum absolute atomic E-state index is 0.125. The number of nitrogens with one attached hydrogen (secondary N) is 1. The fourth-order valence-corrected chi connectivity index (χ4v) is 4.35. The van der Waals surface area contributed by atoms with Crippen LogP contribution in [0.15, 0.2) is 42.5 Å². The third kappa shape index (κ3) is 5.60. The molecule has 2 aromatic rings. The van der Waals surface area contributed by atoms with E-state index < -0.39 is 36.6 Å². The van der Waals surface area contributed by atoms with Crippen LogP contribution >= 0.6 is 0 Å². The van der Waals surface area contributed by atoms with Crippen LogP contribution in [-0.2, 0) is 20.9 Å². The van der Waals surface area contributed by atoms with Crippen molar-refractivity contribution in [3.8, 4) is 16.9 Å². The monoisotopic (exact) mass is 484 g/mol. The van der Waals surface area contributed by atoms with Gasteiger partial charge >= 0.3 is 0 Å². The maximum absolute atomic E-state index is 14.6. The molecule has 0 aromatic heterocycles. The smallest absolute Gasteiger partial charge is 0.248 e. The molecule has 0 unspecified atom stereocenters. The number of likely N-dealkylation sites (tertiary alicyclic amines) is 1. The first-order chi connectivity index (χ1) is 16.8. The van der Waals surface area contributed by atoms with Crippen molar-refractivity contribution in [3.63, 3.8) is 0 Å². The van der Waals surface area contributed by atoms with E-state index in [0.717, 1.165) is 11.1 Å². The number of benzene rings is 2.